The number of urea groups is 1. The zero-order valence-corrected chi connectivity index (χ0v) is 14.3. The molecule has 24 heavy (non-hydrogen) atoms. The van der Waals surface area contributed by atoms with E-state index in [2.05, 4.69) is 23.3 Å². The van der Waals surface area contributed by atoms with Crippen LogP contribution in [-0.2, 0) is 11.2 Å². The van der Waals surface area contributed by atoms with Gasteiger partial charge in [0.05, 0.1) is 16.8 Å². The Balaban J connectivity index is 1.66. The number of anilines is 1. The van der Waals surface area contributed by atoms with E-state index in [1.807, 2.05) is 12.1 Å². The Morgan fingerprint density at radius 2 is 2.25 bits per heavy atom. The zero-order valence-electron chi connectivity index (χ0n) is 13.5. The van der Waals surface area contributed by atoms with Gasteiger partial charge in [-0.2, -0.15) is 0 Å². The molecule has 1 aliphatic heterocycles. The second kappa shape index (κ2) is 7.14. The molecule has 1 aromatic heterocycles. The molecule has 0 unspecified atom stereocenters. The highest BCUT2D eigenvalue weighted by Crippen LogP contribution is 2.27. The third-order valence-electron chi connectivity index (χ3n) is 4.05. The molecule has 1 fully saturated rings. The van der Waals surface area contributed by atoms with Crippen LogP contribution in [0.5, 0.6) is 0 Å². The van der Waals surface area contributed by atoms with Gasteiger partial charge in [0.1, 0.15) is 6.54 Å². The number of aliphatic hydroxyl groups excluding tert-OH is 1. The maximum atomic E-state index is 12.3. The number of rotatable bonds is 4. The highest BCUT2D eigenvalue weighted by molar-refractivity contribution is 7.22. The molecule has 3 rings (SSSR count). The molecule has 128 valence electrons. The quantitative estimate of drug-likeness (QED) is 0.877. The lowest BCUT2D eigenvalue weighted by atomic mass is 10.2. The van der Waals surface area contributed by atoms with Gasteiger partial charge in [-0.25, -0.2) is 9.78 Å². The average molecular weight is 348 g/mol. The standard InChI is InChI=1S/C16H20N4O3S/c1-2-11-3-4-12-13(9-11)24-15(17-12)18-16(23)20-6-5-19(7-8-21)14(22)10-20/h3-4,9,21H,2,5-8,10H2,1H3,(H,17,18,23). The van der Waals surface area contributed by atoms with E-state index >= 15 is 0 Å². The lowest BCUT2D eigenvalue weighted by Gasteiger charge is -2.33. The van der Waals surface area contributed by atoms with Gasteiger partial charge in [-0.1, -0.05) is 24.3 Å². The van der Waals surface area contributed by atoms with Crippen LogP contribution in [0.25, 0.3) is 10.2 Å². The number of hydrogen-bond acceptors (Lipinski definition) is 5. The number of thiazole rings is 1. The molecule has 0 bridgehead atoms. The van der Waals surface area contributed by atoms with Crippen molar-refractivity contribution in [3.63, 3.8) is 0 Å². The lowest BCUT2D eigenvalue weighted by Crippen LogP contribution is -2.53. The second-order valence-corrected chi connectivity index (χ2v) is 6.66. The normalized spacial score (nSPS) is 15.2. The van der Waals surface area contributed by atoms with E-state index in [9.17, 15) is 9.59 Å². The summed E-state index contributed by atoms with van der Waals surface area (Å²) in [5, 5.41) is 12.2. The van der Waals surface area contributed by atoms with Crippen molar-refractivity contribution >= 4 is 38.6 Å². The molecule has 1 aliphatic rings. The van der Waals surface area contributed by atoms with E-state index in [0.29, 0.717) is 24.8 Å². The van der Waals surface area contributed by atoms with E-state index in [0.717, 1.165) is 16.6 Å². The first-order valence-electron chi connectivity index (χ1n) is 7.94. The summed E-state index contributed by atoms with van der Waals surface area (Å²) in [6.07, 6.45) is 0.954. The topological polar surface area (TPSA) is 85.8 Å². The van der Waals surface area contributed by atoms with Crippen LogP contribution in [0.3, 0.4) is 0 Å². The van der Waals surface area contributed by atoms with Gasteiger partial charge < -0.3 is 14.9 Å². The number of benzene rings is 1. The van der Waals surface area contributed by atoms with Crippen LogP contribution in [0.2, 0.25) is 0 Å². The van der Waals surface area contributed by atoms with Crippen molar-refractivity contribution < 1.29 is 14.7 Å². The third-order valence-corrected chi connectivity index (χ3v) is 4.98. The molecule has 0 radical (unpaired) electrons. The second-order valence-electron chi connectivity index (χ2n) is 5.63. The monoisotopic (exact) mass is 348 g/mol. The molecular weight excluding hydrogens is 328 g/mol. The van der Waals surface area contributed by atoms with Crippen LogP contribution in [0.4, 0.5) is 9.93 Å². The molecule has 8 heteroatoms. The summed E-state index contributed by atoms with van der Waals surface area (Å²) in [4.78, 5) is 31.7. The minimum atomic E-state index is -0.318. The first-order valence-corrected chi connectivity index (χ1v) is 8.76. The largest absolute Gasteiger partial charge is 0.395 e. The van der Waals surface area contributed by atoms with Crippen LogP contribution in [0, 0.1) is 0 Å². The highest BCUT2D eigenvalue weighted by Gasteiger charge is 2.27. The van der Waals surface area contributed by atoms with Crippen molar-refractivity contribution in [2.45, 2.75) is 13.3 Å². The number of amides is 3. The molecule has 2 N–H and O–H groups in total. The Bertz CT molecular complexity index is 761. The minimum Gasteiger partial charge on any atom is -0.395 e. The van der Waals surface area contributed by atoms with Crippen LogP contribution < -0.4 is 5.32 Å². The molecule has 0 atom stereocenters. The highest BCUT2D eigenvalue weighted by atomic mass is 32.1. The third kappa shape index (κ3) is 3.49. The summed E-state index contributed by atoms with van der Waals surface area (Å²) in [5.74, 6) is -0.151. The minimum absolute atomic E-state index is 0.0245. The van der Waals surface area contributed by atoms with Crippen LogP contribution in [0.15, 0.2) is 18.2 Å². The van der Waals surface area contributed by atoms with Gasteiger partial charge in [0.15, 0.2) is 5.13 Å². The lowest BCUT2D eigenvalue weighted by molar-refractivity contribution is -0.135. The molecular formula is C16H20N4O3S. The predicted octanol–water partition coefficient (Wildman–Crippen LogP) is 1.53. The van der Waals surface area contributed by atoms with E-state index < -0.39 is 0 Å². The summed E-state index contributed by atoms with van der Waals surface area (Å²) in [5.41, 5.74) is 2.09. The Labute approximate surface area is 143 Å². The van der Waals surface area contributed by atoms with Crippen molar-refractivity contribution in [1.29, 1.82) is 0 Å². The summed E-state index contributed by atoms with van der Waals surface area (Å²) >= 11 is 1.43. The van der Waals surface area contributed by atoms with E-state index in [-0.39, 0.29) is 25.1 Å². The molecule has 2 aromatic rings. The number of hydrogen-bond donors (Lipinski definition) is 2. The molecule has 0 saturated carbocycles. The predicted molar refractivity (Wildman–Crippen MR) is 93.3 cm³/mol. The van der Waals surface area contributed by atoms with Crippen molar-refractivity contribution in [1.82, 2.24) is 14.8 Å². The molecule has 1 aromatic carbocycles. The Hall–Kier alpha value is -2.19. The van der Waals surface area contributed by atoms with Gasteiger partial charge >= 0.3 is 6.03 Å². The molecule has 3 amide bonds. The summed E-state index contributed by atoms with van der Waals surface area (Å²) in [6.45, 7) is 3.25. The molecule has 2 heterocycles. The number of fused-ring (bicyclic) bond motifs is 1. The average Bonchev–Trinajstić information content (AvgIpc) is 2.97. The van der Waals surface area contributed by atoms with Gasteiger partial charge in [0.25, 0.3) is 0 Å². The number of β-amino-alcohol motifs (C(OH)–C–C–N with tert-alkyl or cyclic N) is 1. The maximum absolute atomic E-state index is 12.3. The Morgan fingerprint density at radius 3 is 2.96 bits per heavy atom. The molecule has 7 nitrogen and oxygen atoms in total. The molecule has 0 spiro atoms. The van der Waals surface area contributed by atoms with Crippen molar-refractivity contribution in [2.75, 3.05) is 38.1 Å². The van der Waals surface area contributed by atoms with Gasteiger partial charge in [-0.15, -0.1) is 0 Å². The van der Waals surface area contributed by atoms with Crippen molar-refractivity contribution in [3.05, 3.63) is 23.8 Å². The van der Waals surface area contributed by atoms with E-state index in [1.165, 1.54) is 21.8 Å². The summed E-state index contributed by atoms with van der Waals surface area (Å²) in [6, 6.07) is 5.76. The number of carbonyl (C=O) groups excluding carboxylic acids is 2. The maximum Gasteiger partial charge on any atom is 0.324 e. The number of nitrogens with zero attached hydrogens (tertiary/aromatic N) is 3. The first-order chi connectivity index (χ1) is 11.6. The number of piperazine rings is 1. The molecule has 1 saturated heterocycles. The van der Waals surface area contributed by atoms with Gasteiger partial charge in [0.2, 0.25) is 5.91 Å². The van der Waals surface area contributed by atoms with Crippen LogP contribution in [-0.4, -0.2) is 64.6 Å². The fourth-order valence-corrected chi connectivity index (χ4v) is 3.57. The smallest absolute Gasteiger partial charge is 0.324 e. The number of aliphatic hydroxyl groups is 1. The van der Waals surface area contributed by atoms with Gasteiger partial charge in [-0.05, 0) is 24.1 Å². The van der Waals surface area contributed by atoms with Crippen LogP contribution >= 0.6 is 11.3 Å². The molecule has 0 aliphatic carbocycles. The fraction of sp³-hybridized carbons (Fsp3) is 0.438. The Kier molecular flexibility index (Phi) is 4.96. The zero-order chi connectivity index (χ0) is 17.1. The Morgan fingerprint density at radius 1 is 1.42 bits per heavy atom. The number of aromatic nitrogens is 1. The first kappa shape index (κ1) is 16.7. The number of aryl methyl sites for hydroxylation is 1. The van der Waals surface area contributed by atoms with Crippen LogP contribution in [0.1, 0.15) is 12.5 Å². The summed E-state index contributed by atoms with van der Waals surface area (Å²) < 4.78 is 1.04. The van der Waals surface area contributed by atoms with Gasteiger partial charge in [-0.3, -0.25) is 10.1 Å². The fourth-order valence-electron chi connectivity index (χ4n) is 2.65. The van der Waals surface area contributed by atoms with Gasteiger partial charge in [0, 0.05) is 19.6 Å². The SMILES string of the molecule is CCc1ccc2nc(NC(=O)N3CCN(CCO)C(=O)C3)sc2c1. The summed E-state index contributed by atoms with van der Waals surface area (Å²) in [7, 11) is 0. The van der Waals surface area contributed by atoms with Crippen molar-refractivity contribution in [2.24, 2.45) is 0 Å². The number of nitrogens with one attached hydrogen (secondary N) is 1. The van der Waals surface area contributed by atoms with E-state index in [1.54, 1.807) is 4.90 Å². The number of carbonyl (C=O) groups is 2. The van der Waals surface area contributed by atoms with Crippen molar-refractivity contribution in [3.8, 4) is 0 Å². The van der Waals surface area contributed by atoms with E-state index in [4.69, 9.17) is 5.11 Å².